The monoisotopic (exact) mass is 352 g/mol. The molecule has 6 heteroatoms. The molecule has 0 aliphatic carbocycles. The van der Waals surface area contributed by atoms with Gasteiger partial charge in [0.25, 0.3) is 0 Å². The second kappa shape index (κ2) is 7.91. The number of ketones is 1. The van der Waals surface area contributed by atoms with Gasteiger partial charge in [0, 0.05) is 37.4 Å². The fourth-order valence-corrected chi connectivity index (χ4v) is 3.08. The highest BCUT2D eigenvalue weighted by molar-refractivity contribution is 5.94. The van der Waals surface area contributed by atoms with Crippen molar-refractivity contribution in [2.24, 2.45) is 0 Å². The molecule has 26 heavy (non-hydrogen) atoms. The van der Waals surface area contributed by atoms with E-state index in [1.165, 1.54) is 6.92 Å². The molecule has 3 rings (SSSR count). The smallest absolute Gasteiger partial charge is 0.241 e. The summed E-state index contributed by atoms with van der Waals surface area (Å²) < 4.78 is 0. The summed E-state index contributed by atoms with van der Waals surface area (Å²) in [6, 6.07) is 15.0. The molecule has 0 atom stereocenters. The van der Waals surface area contributed by atoms with Gasteiger partial charge < -0.3 is 20.9 Å². The van der Waals surface area contributed by atoms with Gasteiger partial charge >= 0.3 is 0 Å². The zero-order valence-corrected chi connectivity index (χ0v) is 14.9. The number of nitrogens with zero attached hydrogens (tertiary/aromatic N) is 2. The van der Waals surface area contributed by atoms with Crippen molar-refractivity contribution in [2.45, 2.75) is 6.92 Å². The maximum atomic E-state index is 12.4. The van der Waals surface area contributed by atoms with Gasteiger partial charge in [0.1, 0.15) is 0 Å². The molecule has 1 aliphatic heterocycles. The molecular formula is C20H24N4O2. The first kappa shape index (κ1) is 17.8. The second-order valence-electron chi connectivity index (χ2n) is 6.41. The Morgan fingerprint density at radius 2 is 1.65 bits per heavy atom. The molecule has 1 amide bonds. The summed E-state index contributed by atoms with van der Waals surface area (Å²) in [7, 11) is 0. The molecule has 0 bridgehead atoms. The van der Waals surface area contributed by atoms with Crippen LogP contribution in [0.2, 0.25) is 0 Å². The number of nitrogens with two attached hydrogens (primary N) is 1. The van der Waals surface area contributed by atoms with E-state index in [1.54, 1.807) is 12.1 Å². The lowest BCUT2D eigenvalue weighted by atomic mass is 10.1. The summed E-state index contributed by atoms with van der Waals surface area (Å²) in [5.41, 5.74) is 9.33. The molecule has 6 nitrogen and oxygen atoms in total. The van der Waals surface area contributed by atoms with E-state index in [0.29, 0.717) is 18.7 Å². The first-order chi connectivity index (χ1) is 12.5. The number of piperazine rings is 1. The third-order valence-corrected chi connectivity index (χ3v) is 4.64. The molecule has 136 valence electrons. The van der Waals surface area contributed by atoms with Crippen LogP contribution in [-0.4, -0.2) is 49.3 Å². The molecule has 3 N–H and O–H groups in total. The molecule has 1 fully saturated rings. The SMILES string of the molecule is CC(=O)c1ccc(NCC(=O)N2CCN(c3ccccc3N)CC2)cc1. The molecule has 1 saturated heterocycles. The largest absolute Gasteiger partial charge is 0.397 e. The fourth-order valence-electron chi connectivity index (χ4n) is 3.08. The predicted octanol–water partition coefficient (Wildman–Crippen LogP) is 2.23. The van der Waals surface area contributed by atoms with Crippen molar-refractivity contribution >= 4 is 28.8 Å². The van der Waals surface area contributed by atoms with Gasteiger partial charge in [-0.2, -0.15) is 0 Å². The third-order valence-electron chi connectivity index (χ3n) is 4.64. The number of carbonyl (C=O) groups is 2. The van der Waals surface area contributed by atoms with E-state index in [-0.39, 0.29) is 18.2 Å². The molecule has 0 aromatic heterocycles. The summed E-state index contributed by atoms with van der Waals surface area (Å²) >= 11 is 0. The van der Waals surface area contributed by atoms with Crippen LogP contribution in [0.3, 0.4) is 0 Å². The van der Waals surface area contributed by atoms with Crippen LogP contribution in [0.25, 0.3) is 0 Å². The Morgan fingerprint density at radius 1 is 1.00 bits per heavy atom. The van der Waals surface area contributed by atoms with Crippen molar-refractivity contribution in [1.82, 2.24) is 4.90 Å². The highest BCUT2D eigenvalue weighted by Gasteiger charge is 2.21. The van der Waals surface area contributed by atoms with Crippen molar-refractivity contribution in [1.29, 1.82) is 0 Å². The van der Waals surface area contributed by atoms with Gasteiger partial charge in [0.15, 0.2) is 5.78 Å². The Hall–Kier alpha value is -3.02. The summed E-state index contributed by atoms with van der Waals surface area (Å²) in [6.07, 6.45) is 0. The molecule has 1 aliphatic rings. The summed E-state index contributed by atoms with van der Waals surface area (Å²) in [6.45, 7) is 4.68. The highest BCUT2D eigenvalue weighted by atomic mass is 16.2. The number of hydrogen-bond acceptors (Lipinski definition) is 5. The number of anilines is 3. The number of carbonyl (C=O) groups excluding carboxylic acids is 2. The van der Waals surface area contributed by atoms with E-state index < -0.39 is 0 Å². The maximum Gasteiger partial charge on any atom is 0.241 e. The number of rotatable bonds is 5. The molecular weight excluding hydrogens is 328 g/mol. The van der Waals surface area contributed by atoms with Crippen LogP contribution in [0, 0.1) is 0 Å². The van der Waals surface area contributed by atoms with Gasteiger partial charge in [-0.25, -0.2) is 0 Å². The van der Waals surface area contributed by atoms with Crippen molar-refractivity contribution < 1.29 is 9.59 Å². The van der Waals surface area contributed by atoms with Crippen molar-refractivity contribution in [3.8, 4) is 0 Å². The number of para-hydroxylation sites is 2. The lowest BCUT2D eigenvalue weighted by Gasteiger charge is -2.36. The summed E-state index contributed by atoms with van der Waals surface area (Å²) in [5.74, 6) is 0.103. The van der Waals surface area contributed by atoms with E-state index in [9.17, 15) is 9.59 Å². The molecule has 0 spiro atoms. The Morgan fingerprint density at radius 3 is 2.27 bits per heavy atom. The number of hydrogen-bond donors (Lipinski definition) is 2. The number of nitrogens with one attached hydrogen (secondary N) is 1. The van der Waals surface area contributed by atoms with Crippen molar-refractivity contribution in [3.05, 3.63) is 54.1 Å². The van der Waals surface area contributed by atoms with Crippen LogP contribution in [0.15, 0.2) is 48.5 Å². The topological polar surface area (TPSA) is 78.7 Å². The fraction of sp³-hybridized carbons (Fsp3) is 0.300. The van der Waals surface area contributed by atoms with Gasteiger partial charge in [-0.1, -0.05) is 12.1 Å². The maximum absolute atomic E-state index is 12.4. The predicted molar refractivity (Wildman–Crippen MR) is 105 cm³/mol. The molecule has 0 saturated carbocycles. The molecule has 0 radical (unpaired) electrons. The van der Waals surface area contributed by atoms with Gasteiger partial charge in [-0.3, -0.25) is 9.59 Å². The van der Waals surface area contributed by atoms with Gasteiger partial charge in [0.2, 0.25) is 5.91 Å². The van der Waals surface area contributed by atoms with Crippen LogP contribution >= 0.6 is 0 Å². The average Bonchev–Trinajstić information content (AvgIpc) is 2.67. The van der Waals surface area contributed by atoms with Crippen LogP contribution in [0.1, 0.15) is 17.3 Å². The molecule has 0 unspecified atom stereocenters. The van der Waals surface area contributed by atoms with Crippen LogP contribution in [-0.2, 0) is 4.79 Å². The number of benzene rings is 2. The van der Waals surface area contributed by atoms with Crippen LogP contribution in [0.5, 0.6) is 0 Å². The van der Waals surface area contributed by atoms with E-state index in [1.807, 2.05) is 41.3 Å². The zero-order valence-electron chi connectivity index (χ0n) is 14.9. The quantitative estimate of drug-likeness (QED) is 0.637. The summed E-state index contributed by atoms with van der Waals surface area (Å²) in [4.78, 5) is 27.8. The third kappa shape index (κ3) is 4.14. The van der Waals surface area contributed by atoms with Gasteiger partial charge in [0.05, 0.1) is 17.9 Å². The van der Waals surface area contributed by atoms with Gasteiger partial charge in [-0.05, 0) is 43.3 Å². The van der Waals surface area contributed by atoms with E-state index >= 15 is 0 Å². The zero-order chi connectivity index (χ0) is 18.5. The van der Waals surface area contributed by atoms with Crippen molar-refractivity contribution in [3.63, 3.8) is 0 Å². The van der Waals surface area contributed by atoms with Crippen LogP contribution < -0.4 is 16.0 Å². The number of nitrogen functional groups attached to an aromatic ring is 1. The van der Waals surface area contributed by atoms with E-state index in [2.05, 4.69) is 10.2 Å². The van der Waals surface area contributed by atoms with Crippen LogP contribution in [0.4, 0.5) is 17.1 Å². The van der Waals surface area contributed by atoms with E-state index in [4.69, 9.17) is 5.73 Å². The number of amides is 1. The molecule has 2 aromatic rings. The first-order valence-electron chi connectivity index (χ1n) is 8.76. The minimum Gasteiger partial charge on any atom is -0.397 e. The summed E-state index contributed by atoms with van der Waals surface area (Å²) in [5, 5.41) is 3.12. The number of Topliss-reactive ketones (excluding diaryl/α,β-unsaturated/α-hetero) is 1. The molecule has 2 aromatic carbocycles. The lowest BCUT2D eigenvalue weighted by molar-refractivity contribution is -0.129. The normalized spacial score (nSPS) is 14.2. The van der Waals surface area contributed by atoms with E-state index in [0.717, 1.165) is 30.2 Å². The Labute approximate surface area is 153 Å². The average molecular weight is 352 g/mol. The Bertz CT molecular complexity index is 781. The highest BCUT2D eigenvalue weighted by Crippen LogP contribution is 2.23. The minimum atomic E-state index is 0.0320. The molecule has 1 heterocycles. The standard InChI is InChI=1S/C20H24N4O2/c1-15(25)16-6-8-17(9-7-16)22-14-20(26)24-12-10-23(11-13-24)19-5-3-2-4-18(19)21/h2-9,22H,10-14,21H2,1H3. The minimum absolute atomic E-state index is 0.0320. The Balaban J connectivity index is 1.49. The van der Waals surface area contributed by atoms with Crippen molar-refractivity contribution in [2.75, 3.05) is 48.7 Å². The second-order valence-corrected chi connectivity index (χ2v) is 6.41. The first-order valence-corrected chi connectivity index (χ1v) is 8.76. The van der Waals surface area contributed by atoms with Gasteiger partial charge in [-0.15, -0.1) is 0 Å². The lowest BCUT2D eigenvalue weighted by Crippen LogP contribution is -2.50. The Kier molecular flexibility index (Phi) is 5.41.